The highest BCUT2D eigenvalue weighted by molar-refractivity contribution is 5.70. The van der Waals surface area contributed by atoms with E-state index in [4.69, 9.17) is 14.2 Å². The lowest BCUT2D eigenvalue weighted by atomic mass is 10.1. The van der Waals surface area contributed by atoms with Crippen molar-refractivity contribution in [1.82, 2.24) is 0 Å². The van der Waals surface area contributed by atoms with Crippen molar-refractivity contribution in [3.63, 3.8) is 0 Å². The molecule has 4 nitrogen and oxygen atoms in total. The molecule has 0 spiro atoms. The van der Waals surface area contributed by atoms with Gasteiger partial charge in [0.25, 0.3) is 0 Å². The lowest BCUT2D eigenvalue weighted by Crippen LogP contribution is -2.33. The Labute approximate surface area is 96.2 Å². The lowest BCUT2D eigenvalue weighted by molar-refractivity contribution is -0.184. The number of carbonyl (C=O) groups excluding carboxylic acids is 1. The van der Waals surface area contributed by atoms with Crippen molar-refractivity contribution in [3.8, 4) is 11.8 Å². The molecule has 1 fully saturated rings. The minimum atomic E-state index is -0.809. The van der Waals surface area contributed by atoms with E-state index in [1.165, 1.54) is 0 Å². The second-order valence-corrected chi connectivity index (χ2v) is 3.52. The fourth-order valence-corrected chi connectivity index (χ4v) is 1.64. The number of ether oxygens (including phenoxy) is 3. The molecular formula is C12H18O4. The van der Waals surface area contributed by atoms with Crippen LogP contribution in [0.4, 0.5) is 0 Å². The van der Waals surface area contributed by atoms with Crippen molar-refractivity contribution >= 4 is 5.97 Å². The summed E-state index contributed by atoms with van der Waals surface area (Å²) in [7, 11) is 0. The van der Waals surface area contributed by atoms with Gasteiger partial charge in [-0.15, -0.1) is 11.8 Å². The molecule has 1 rings (SSSR count). The van der Waals surface area contributed by atoms with Crippen LogP contribution < -0.4 is 0 Å². The molecule has 0 radical (unpaired) electrons. The maximum atomic E-state index is 11.4. The Balaban J connectivity index is 2.50. The Morgan fingerprint density at radius 1 is 1.44 bits per heavy atom. The van der Waals surface area contributed by atoms with E-state index in [9.17, 15) is 4.79 Å². The number of esters is 1. The maximum absolute atomic E-state index is 11.4. The molecule has 0 bridgehead atoms. The minimum Gasteiger partial charge on any atom is -0.466 e. The Morgan fingerprint density at radius 2 is 2.12 bits per heavy atom. The average molecular weight is 226 g/mol. The summed E-state index contributed by atoms with van der Waals surface area (Å²) in [5.74, 6) is 4.66. The zero-order chi connectivity index (χ0) is 11.9. The first kappa shape index (κ1) is 13.0. The van der Waals surface area contributed by atoms with E-state index in [1.54, 1.807) is 13.8 Å². The van der Waals surface area contributed by atoms with Crippen molar-refractivity contribution in [2.75, 3.05) is 19.8 Å². The molecule has 0 unspecified atom stereocenters. The molecule has 16 heavy (non-hydrogen) atoms. The van der Waals surface area contributed by atoms with Crippen LogP contribution >= 0.6 is 0 Å². The minimum absolute atomic E-state index is 0.145. The van der Waals surface area contributed by atoms with Gasteiger partial charge in [-0.05, 0) is 13.8 Å². The summed E-state index contributed by atoms with van der Waals surface area (Å²) in [6.45, 7) is 5.00. The maximum Gasteiger partial charge on any atom is 0.311 e. The van der Waals surface area contributed by atoms with Gasteiger partial charge in [-0.3, -0.25) is 4.79 Å². The van der Waals surface area contributed by atoms with Crippen LogP contribution in [0.1, 0.15) is 33.1 Å². The molecule has 1 aliphatic rings. The highest BCUT2D eigenvalue weighted by Gasteiger charge is 2.38. The van der Waals surface area contributed by atoms with Crippen LogP contribution in [0.15, 0.2) is 0 Å². The second kappa shape index (κ2) is 6.51. The van der Waals surface area contributed by atoms with Gasteiger partial charge in [0.05, 0.1) is 26.2 Å². The van der Waals surface area contributed by atoms with E-state index >= 15 is 0 Å². The molecule has 1 heterocycles. The molecule has 0 aliphatic carbocycles. The van der Waals surface area contributed by atoms with Crippen molar-refractivity contribution in [3.05, 3.63) is 0 Å². The first-order valence-electron chi connectivity index (χ1n) is 5.55. The van der Waals surface area contributed by atoms with Gasteiger partial charge in [0.1, 0.15) is 0 Å². The third kappa shape index (κ3) is 3.84. The molecule has 1 saturated heterocycles. The molecule has 0 N–H and O–H groups in total. The normalized spacial score (nSPS) is 17.6. The summed E-state index contributed by atoms with van der Waals surface area (Å²) in [6, 6.07) is 0. The smallest absolute Gasteiger partial charge is 0.311 e. The van der Waals surface area contributed by atoms with Crippen LogP contribution in [0, 0.1) is 11.8 Å². The standard InChI is InChI=1S/C12H18O4/c1-3-5-6-7-12(15-8-9-16-12)10-11(13)14-4-2/h4,6-10H2,1-2H3. The number of rotatable bonds is 5. The van der Waals surface area contributed by atoms with Crippen molar-refractivity contribution in [2.45, 2.75) is 38.9 Å². The van der Waals surface area contributed by atoms with Crippen LogP contribution in [0.25, 0.3) is 0 Å². The summed E-state index contributed by atoms with van der Waals surface area (Å²) < 4.78 is 15.9. The number of hydrogen-bond donors (Lipinski definition) is 0. The molecule has 90 valence electrons. The van der Waals surface area contributed by atoms with Crippen LogP contribution in [0.5, 0.6) is 0 Å². The van der Waals surface area contributed by atoms with Crippen molar-refractivity contribution < 1.29 is 19.0 Å². The van der Waals surface area contributed by atoms with Gasteiger partial charge in [0.2, 0.25) is 0 Å². The summed E-state index contributed by atoms with van der Waals surface area (Å²) in [6.07, 6.45) is 1.41. The third-order valence-corrected chi connectivity index (χ3v) is 2.34. The lowest BCUT2D eigenvalue weighted by Gasteiger charge is -2.25. The van der Waals surface area contributed by atoms with Gasteiger partial charge >= 0.3 is 5.97 Å². The van der Waals surface area contributed by atoms with E-state index in [2.05, 4.69) is 11.8 Å². The Hall–Kier alpha value is -1.05. The molecule has 0 amide bonds. The second-order valence-electron chi connectivity index (χ2n) is 3.52. The quantitative estimate of drug-likeness (QED) is 0.526. The van der Waals surface area contributed by atoms with Gasteiger partial charge in [0, 0.05) is 12.8 Å². The molecule has 0 atom stereocenters. The van der Waals surface area contributed by atoms with Crippen LogP contribution in [0.2, 0.25) is 0 Å². The summed E-state index contributed by atoms with van der Waals surface area (Å²) in [5.41, 5.74) is 0. The Morgan fingerprint density at radius 3 is 2.69 bits per heavy atom. The molecule has 1 aliphatic heterocycles. The molecule has 0 saturated carbocycles. The zero-order valence-electron chi connectivity index (χ0n) is 9.88. The van der Waals surface area contributed by atoms with Crippen LogP contribution in [-0.4, -0.2) is 31.6 Å². The SMILES string of the molecule is CC#CCCC1(CC(=O)OCC)OCCO1. The fraction of sp³-hybridized carbons (Fsp3) is 0.750. The first-order valence-corrected chi connectivity index (χ1v) is 5.55. The highest BCUT2D eigenvalue weighted by atomic mass is 16.7. The molecule has 0 aromatic carbocycles. The van der Waals surface area contributed by atoms with Gasteiger partial charge in [-0.25, -0.2) is 0 Å². The van der Waals surface area contributed by atoms with Gasteiger partial charge < -0.3 is 14.2 Å². The highest BCUT2D eigenvalue weighted by Crippen LogP contribution is 2.28. The van der Waals surface area contributed by atoms with Gasteiger partial charge in [-0.2, -0.15) is 0 Å². The third-order valence-electron chi connectivity index (χ3n) is 2.34. The number of hydrogen-bond acceptors (Lipinski definition) is 4. The monoisotopic (exact) mass is 226 g/mol. The number of carbonyl (C=O) groups is 1. The first-order chi connectivity index (χ1) is 7.72. The van der Waals surface area contributed by atoms with E-state index in [0.717, 1.165) is 0 Å². The van der Waals surface area contributed by atoms with Gasteiger partial charge in [0.15, 0.2) is 5.79 Å². The van der Waals surface area contributed by atoms with E-state index in [-0.39, 0.29) is 12.4 Å². The molecule has 0 aromatic rings. The largest absolute Gasteiger partial charge is 0.466 e. The van der Waals surface area contributed by atoms with E-state index in [0.29, 0.717) is 32.7 Å². The summed E-state index contributed by atoms with van der Waals surface area (Å²) in [5, 5.41) is 0. The van der Waals surface area contributed by atoms with Crippen LogP contribution in [0.3, 0.4) is 0 Å². The fourth-order valence-electron chi connectivity index (χ4n) is 1.64. The van der Waals surface area contributed by atoms with Crippen molar-refractivity contribution in [1.29, 1.82) is 0 Å². The van der Waals surface area contributed by atoms with E-state index in [1.807, 2.05) is 0 Å². The van der Waals surface area contributed by atoms with E-state index < -0.39 is 5.79 Å². The molecule has 0 aromatic heterocycles. The predicted molar refractivity (Wildman–Crippen MR) is 58.6 cm³/mol. The topological polar surface area (TPSA) is 44.8 Å². The zero-order valence-corrected chi connectivity index (χ0v) is 9.88. The summed E-state index contributed by atoms with van der Waals surface area (Å²) in [4.78, 5) is 11.4. The molecule has 4 heteroatoms. The predicted octanol–water partition coefficient (Wildman–Crippen LogP) is 1.49. The Kier molecular flexibility index (Phi) is 5.30. The van der Waals surface area contributed by atoms with Crippen molar-refractivity contribution in [2.24, 2.45) is 0 Å². The average Bonchev–Trinajstić information content (AvgIpc) is 2.67. The van der Waals surface area contributed by atoms with Gasteiger partial charge in [-0.1, -0.05) is 0 Å². The Bertz CT molecular complexity index is 281. The molecular weight excluding hydrogens is 208 g/mol. The summed E-state index contributed by atoms with van der Waals surface area (Å²) >= 11 is 0. The van der Waals surface area contributed by atoms with Crippen LogP contribution in [-0.2, 0) is 19.0 Å².